The second-order valence-electron chi connectivity index (χ2n) is 6.67. The van der Waals surface area contributed by atoms with E-state index in [0.29, 0.717) is 17.7 Å². The van der Waals surface area contributed by atoms with E-state index in [1.807, 2.05) is 34.3 Å². The number of rotatable bonds is 4. The fourth-order valence-corrected chi connectivity index (χ4v) is 5.56. The van der Waals surface area contributed by atoms with Gasteiger partial charge in [-0.3, -0.25) is 14.4 Å². The molecule has 0 unspecified atom stereocenters. The zero-order chi connectivity index (χ0) is 19.0. The van der Waals surface area contributed by atoms with Crippen LogP contribution in [0.1, 0.15) is 42.0 Å². The van der Waals surface area contributed by atoms with E-state index in [0.717, 1.165) is 10.4 Å². The minimum absolute atomic E-state index is 0.0859. The highest BCUT2D eigenvalue weighted by Gasteiger charge is 2.48. The maximum Gasteiger partial charge on any atom is 0.317 e. The van der Waals surface area contributed by atoms with Crippen LogP contribution in [0.4, 0.5) is 0 Å². The molecular weight excluding hydrogens is 382 g/mol. The number of esters is 1. The molecule has 2 aromatic heterocycles. The fourth-order valence-electron chi connectivity index (χ4n) is 3.98. The van der Waals surface area contributed by atoms with Gasteiger partial charge in [-0.15, -0.1) is 11.3 Å². The molecule has 3 atom stereocenters. The molecule has 2 aliphatic rings. The van der Waals surface area contributed by atoms with E-state index in [9.17, 15) is 14.4 Å². The van der Waals surface area contributed by atoms with Crippen LogP contribution in [0.25, 0.3) is 0 Å². The smallest absolute Gasteiger partial charge is 0.317 e. The predicted molar refractivity (Wildman–Crippen MR) is 104 cm³/mol. The summed E-state index contributed by atoms with van der Waals surface area (Å²) in [6, 6.07) is 5.78. The first-order chi connectivity index (χ1) is 13.1. The van der Waals surface area contributed by atoms with E-state index in [2.05, 4.69) is 5.32 Å². The lowest BCUT2D eigenvalue weighted by Gasteiger charge is -2.37. The molecule has 1 aliphatic heterocycles. The van der Waals surface area contributed by atoms with Crippen molar-refractivity contribution >= 4 is 40.3 Å². The highest BCUT2D eigenvalue weighted by molar-refractivity contribution is 7.10. The summed E-state index contributed by atoms with van der Waals surface area (Å²) >= 11 is 3.05. The Labute approximate surface area is 165 Å². The molecule has 4 rings (SSSR count). The Hall–Kier alpha value is -2.25. The Kier molecular flexibility index (Phi) is 4.97. The van der Waals surface area contributed by atoms with Crippen LogP contribution in [-0.2, 0) is 19.1 Å². The van der Waals surface area contributed by atoms with Crippen LogP contribution in [0.5, 0.6) is 0 Å². The summed E-state index contributed by atoms with van der Waals surface area (Å²) in [5, 5.41) is 8.73. The van der Waals surface area contributed by atoms with Crippen molar-refractivity contribution in [2.45, 2.75) is 31.6 Å². The number of ether oxygens (including phenoxy) is 1. The number of ketones is 1. The summed E-state index contributed by atoms with van der Waals surface area (Å²) in [4.78, 5) is 39.4. The Balaban J connectivity index is 1.80. The first-order valence-electron chi connectivity index (χ1n) is 8.89. The monoisotopic (exact) mass is 401 g/mol. The molecule has 3 heterocycles. The van der Waals surface area contributed by atoms with Gasteiger partial charge in [-0.25, -0.2) is 0 Å². The van der Waals surface area contributed by atoms with Crippen LogP contribution in [0.2, 0.25) is 0 Å². The van der Waals surface area contributed by atoms with Gasteiger partial charge in [0.05, 0.1) is 6.61 Å². The molecule has 2 aromatic rings. The van der Waals surface area contributed by atoms with Gasteiger partial charge in [-0.2, -0.15) is 11.3 Å². The minimum atomic E-state index is -0.863. The zero-order valence-electron chi connectivity index (χ0n) is 14.8. The molecule has 0 bridgehead atoms. The maximum atomic E-state index is 13.5. The number of carbonyl (C=O) groups excluding carboxylic acids is 3. The van der Waals surface area contributed by atoms with Crippen molar-refractivity contribution in [2.24, 2.45) is 5.92 Å². The maximum absolute atomic E-state index is 13.5. The normalized spacial score (nSPS) is 25.1. The summed E-state index contributed by atoms with van der Waals surface area (Å²) in [5.41, 5.74) is 2.18. The quantitative estimate of drug-likeness (QED) is 0.628. The van der Waals surface area contributed by atoms with Crippen molar-refractivity contribution in [3.63, 3.8) is 0 Å². The SMILES string of the molecule is CCOC(=O)[C@@H]1C(=O)C2=C(C[C@@H]1c1cccs1)NC(=O)C[C@H]2c1ccsc1. The molecule has 7 heteroatoms. The average molecular weight is 402 g/mol. The molecule has 27 heavy (non-hydrogen) atoms. The number of nitrogens with one attached hydrogen (secondary N) is 1. The van der Waals surface area contributed by atoms with Crippen LogP contribution in [0.15, 0.2) is 45.6 Å². The third kappa shape index (κ3) is 3.26. The minimum Gasteiger partial charge on any atom is -0.465 e. The topological polar surface area (TPSA) is 72.5 Å². The van der Waals surface area contributed by atoms with Gasteiger partial charge in [0.25, 0.3) is 0 Å². The van der Waals surface area contributed by atoms with Crippen molar-refractivity contribution in [1.82, 2.24) is 5.32 Å². The van der Waals surface area contributed by atoms with Crippen molar-refractivity contribution in [2.75, 3.05) is 6.61 Å². The first-order valence-corrected chi connectivity index (χ1v) is 10.7. The van der Waals surface area contributed by atoms with Gasteiger partial charge in [-0.05, 0) is 47.2 Å². The number of amides is 1. The summed E-state index contributed by atoms with van der Waals surface area (Å²) in [6.45, 7) is 1.97. The number of hydrogen-bond acceptors (Lipinski definition) is 6. The van der Waals surface area contributed by atoms with E-state index < -0.39 is 11.9 Å². The largest absolute Gasteiger partial charge is 0.465 e. The second-order valence-corrected chi connectivity index (χ2v) is 8.43. The van der Waals surface area contributed by atoms with Crippen LogP contribution in [0, 0.1) is 5.92 Å². The van der Waals surface area contributed by atoms with Gasteiger partial charge < -0.3 is 10.1 Å². The van der Waals surface area contributed by atoms with Crippen molar-refractivity contribution < 1.29 is 19.1 Å². The van der Waals surface area contributed by atoms with Crippen molar-refractivity contribution in [1.29, 1.82) is 0 Å². The highest BCUT2D eigenvalue weighted by Crippen LogP contribution is 2.46. The van der Waals surface area contributed by atoms with E-state index in [1.165, 1.54) is 22.7 Å². The third-order valence-corrected chi connectivity index (χ3v) is 6.83. The van der Waals surface area contributed by atoms with Gasteiger partial charge in [-0.1, -0.05) is 6.07 Å². The first kappa shape index (κ1) is 18.1. The standard InChI is InChI=1S/C20H19NO4S2/c1-2-25-20(24)18-13(15-4-3-6-27-15)8-14-17(19(18)23)12(9-16(22)21-14)11-5-7-26-10-11/h3-7,10,12-13,18H,2,8-9H2,1H3,(H,21,22)/t12-,13+,18-/m0/s1. The molecule has 1 N–H and O–H groups in total. The van der Waals surface area contributed by atoms with E-state index in [1.54, 1.807) is 6.92 Å². The van der Waals surface area contributed by atoms with Crippen LogP contribution >= 0.6 is 22.7 Å². The predicted octanol–water partition coefficient (Wildman–Crippen LogP) is 3.60. The molecule has 0 spiro atoms. The van der Waals surface area contributed by atoms with E-state index >= 15 is 0 Å². The lowest BCUT2D eigenvalue weighted by molar-refractivity contribution is -0.152. The molecular formula is C20H19NO4S2. The summed E-state index contributed by atoms with van der Waals surface area (Å²) in [6.07, 6.45) is 0.679. The van der Waals surface area contributed by atoms with Crippen molar-refractivity contribution in [3.8, 4) is 0 Å². The molecule has 140 valence electrons. The second kappa shape index (κ2) is 7.40. The molecule has 1 aliphatic carbocycles. The van der Waals surface area contributed by atoms with Gasteiger partial charge in [0, 0.05) is 34.4 Å². The molecule has 5 nitrogen and oxygen atoms in total. The van der Waals surface area contributed by atoms with Gasteiger partial charge in [0.1, 0.15) is 5.92 Å². The van der Waals surface area contributed by atoms with Crippen LogP contribution < -0.4 is 5.32 Å². The zero-order valence-corrected chi connectivity index (χ0v) is 16.4. The fraction of sp³-hybridized carbons (Fsp3) is 0.350. The molecule has 0 fully saturated rings. The van der Waals surface area contributed by atoms with E-state index in [4.69, 9.17) is 4.74 Å². The van der Waals surface area contributed by atoms with Crippen LogP contribution in [-0.4, -0.2) is 24.3 Å². The van der Waals surface area contributed by atoms with Crippen LogP contribution in [0.3, 0.4) is 0 Å². The lowest BCUT2D eigenvalue weighted by atomic mass is 9.70. The number of Topliss-reactive ketones (excluding diaryl/α,β-unsaturated/α-hetero) is 1. The number of carbonyl (C=O) groups is 3. The highest BCUT2D eigenvalue weighted by atomic mass is 32.1. The lowest BCUT2D eigenvalue weighted by Crippen LogP contribution is -2.44. The Bertz CT molecular complexity index is 899. The van der Waals surface area contributed by atoms with Crippen molar-refractivity contribution in [3.05, 3.63) is 56.1 Å². The third-order valence-electron chi connectivity index (χ3n) is 5.12. The Morgan fingerprint density at radius 3 is 2.78 bits per heavy atom. The Morgan fingerprint density at radius 2 is 2.11 bits per heavy atom. The average Bonchev–Trinajstić information content (AvgIpc) is 3.34. The summed E-state index contributed by atoms with van der Waals surface area (Å²) in [5.74, 6) is -2.25. The van der Waals surface area contributed by atoms with Gasteiger partial charge in [0.15, 0.2) is 5.78 Å². The molecule has 0 radical (unpaired) electrons. The summed E-state index contributed by atoms with van der Waals surface area (Å²) < 4.78 is 5.24. The Morgan fingerprint density at radius 1 is 1.26 bits per heavy atom. The molecule has 1 amide bonds. The molecule has 0 saturated heterocycles. The number of hydrogen-bond donors (Lipinski definition) is 1. The number of allylic oxidation sites excluding steroid dienone is 2. The summed E-state index contributed by atoms with van der Waals surface area (Å²) in [7, 11) is 0. The van der Waals surface area contributed by atoms with E-state index in [-0.39, 0.29) is 36.6 Å². The van der Waals surface area contributed by atoms with Gasteiger partial charge >= 0.3 is 5.97 Å². The molecule has 0 aromatic carbocycles. The number of thiophene rings is 2. The van der Waals surface area contributed by atoms with Gasteiger partial charge in [0.2, 0.25) is 5.91 Å². The molecule has 0 saturated carbocycles.